The normalized spacial score (nSPS) is 12.7. The van der Waals surface area contributed by atoms with Crippen LogP contribution in [-0.4, -0.2) is 20.3 Å². The quantitative estimate of drug-likeness (QED) is 0.799. The van der Waals surface area contributed by atoms with Gasteiger partial charge >= 0.3 is 0 Å². The zero-order valence-corrected chi connectivity index (χ0v) is 13.7. The Morgan fingerprint density at radius 2 is 2.00 bits per heavy atom. The molecule has 0 unspecified atom stereocenters. The standard InChI is InChI=1S/C13H19BrFNO2S/c1-10-8-11(15)4-5-12(10)19(17,18)16-9-13(2,3)6-7-14/h4-5,8,16H,6-7,9H2,1-3H3. The molecule has 3 nitrogen and oxygen atoms in total. The lowest BCUT2D eigenvalue weighted by Gasteiger charge is -2.24. The summed E-state index contributed by atoms with van der Waals surface area (Å²) in [6.07, 6.45) is 0.859. The van der Waals surface area contributed by atoms with Crippen LogP contribution in [0.4, 0.5) is 4.39 Å². The summed E-state index contributed by atoms with van der Waals surface area (Å²) in [6.45, 7) is 5.92. The van der Waals surface area contributed by atoms with E-state index in [4.69, 9.17) is 0 Å². The average molecular weight is 352 g/mol. The van der Waals surface area contributed by atoms with Gasteiger partial charge in [-0.15, -0.1) is 0 Å². The van der Waals surface area contributed by atoms with Gasteiger partial charge in [0, 0.05) is 11.9 Å². The second-order valence-electron chi connectivity index (χ2n) is 5.34. The van der Waals surface area contributed by atoms with Gasteiger partial charge in [-0.05, 0) is 42.5 Å². The van der Waals surface area contributed by atoms with Gasteiger partial charge in [-0.3, -0.25) is 0 Å². The first-order chi connectivity index (χ1) is 8.68. The fourth-order valence-electron chi connectivity index (χ4n) is 1.63. The van der Waals surface area contributed by atoms with Gasteiger partial charge in [0.1, 0.15) is 5.82 Å². The molecule has 0 spiro atoms. The molecule has 0 saturated heterocycles. The van der Waals surface area contributed by atoms with Crippen molar-refractivity contribution >= 4 is 26.0 Å². The molecule has 0 saturated carbocycles. The molecule has 6 heteroatoms. The van der Waals surface area contributed by atoms with E-state index in [0.717, 1.165) is 17.8 Å². The summed E-state index contributed by atoms with van der Waals surface area (Å²) in [5.74, 6) is -0.434. The highest BCUT2D eigenvalue weighted by Crippen LogP contribution is 2.22. The van der Waals surface area contributed by atoms with Gasteiger partial charge in [0.2, 0.25) is 10.0 Å². The SMILES string of the molecule is Cc1cc(F)ccc1S(=O)(=O)NCC(C)(C)CCBr. The molecule has 0 bridgehead atoms. The fraction of sp³-hybridized carbons (Fsp3) is 0.538. The van der Waals surface area contributed by atoms with Crippen LogP contribution in [0, 0.1) is 18.2 Å². The number of aryl methyl sites for hydroxylation is 1. The summed E-state index contributed by atoms with van der Waals surface area (Å²) < 4.78 is 39.9. The Labute approximate surface area is 122 Å². The van der Waals surface area contributed by atoms with Gasteiger partial charge in [-0.1, -0.05) is 29.8 Å². The topological polar surface area (TPSA) is 46.2 Å². The molecule has 0 fully saturated rings. The van der Waals surface area contributed by atoms with Gasteiger partial charge in [0.05, 0.1) is 4.90 Å². The van der Waals surface area contributed by atoms with Crippen LogP contribution in [0.5, 0.6) is 0 Å². The molecule has 108 valence electrons. The summed E-state index contributed by atoms with van der Waals surface area (Å²) in [4.78, 5) is 0.128. The Balaban J connectivity index is 2.87. The predicted octanol–water partition coefficient (Wildman–Crippen LogP) is 3.22. The Morgan fingerprint density at radius 1 is 1.37 bits per heavy atom. The van der Waals surface area contributed by atoms with Gasteiger partial charge < -0.3 is 0 Å². The number of hydrogen-bond acceptors (Lipinski definition) is 2. The van der Waals surface area contributed by atoms with Crippen LogP contribution in [0.15, 0.2) is 23.1 Å². The van der Waals surface area contributed by atoms with Crippen LogP contribution < -0.4 is 4.72 Å². The third-order valence-corrected chi connectivity index (χ3v) is 4.90. The average Bonchev–Trinajstić information content (AvgIpc) is 2.26. The number of nitrogens with one attached hydrogen (secondary N) is 1. The van der Waals surface area contributed by atoms with Gasteiger partial charge in [-0.25, -0.2) is 17.5 Å². The Bertz CT molecular complexity index is 544. The van der Waals surface area contributed by atoms with Crippen LogP contribution in [0.1, 0.15) is 25.8 Å². The second kappa shape index (κ2) is 6.33. The highest BCUT2D eigenvalue weighted by Gasteiger charge is 2.23. The first-order valence-corrected chi connectivity index (χ1v) is 8.60. The first-order valence-electron chi connectivity index (χ1n) is 6.00. The summed E-state index contributed by atoms with van der Waals surface area (Å²) in [5.41, 5.74) is 0.274. The smallest absolute Gasteiger partial charge is 0.211 e. The van der Waals surface area contributed by atoms with Crippen molar-refractivity contribution in [2.45, 2.75) is 32.1 Å². The molecule has 0 atom stereocenters. The molecule has 0 aliphatic rings. The van der Waals surface area contributed by atoms with E-state index in [-0.39, 0.29) is 10.3 Å². The number of rotatable bonds is 6. The minimum atomic E-state index is -3.59. The van der Waals surface area contributed by atoms with Crippen molar-refractivity contribution in [3.8, 4) is 0 Å². The first kappa shape index (κ1) is 16.6. The molecule has 0 heterocycles. The Kier molecular flexibility index (Phi) is 5.53. The van der Waals surface area contributed by atoms with Crippen LogP contribution in [-0.2, 0) is 10.0 Å². The third kappa shape index (κ3) is 4.85. The van der Waals surface area contributed by atoms with Crippen LogP contribution >= 0.6 is 15.9 Å². The third-order valence-electron chi connectivity index (χ3n) is 2.94. The van der Waals surface area contributed by atoms with Crippen molar-refractivity contribution in [3.05, 3.63) is 29.6 Å². The number of sulfonamides is 1. The molecule has 0 radical (unpaired) electrons. The summed E-state index contributed by atoms with van der Waals surface area (Å²) in [7, 11) is -3.59. The highest BCUT2D eigenvalue weighted by molar-refractivity contribution is 9.09. The van der Waals surface area contributed by atoms with Gasteiger partial charge in [0.15, 0.2) is 0 Å². The van der Waals surface area contributed by atoms with Gasteiger partial charge in [-0.2, -0.15) is 0 Å². The van der Waals surface area contributed by atoms with E-state index >= 15 is 0 Å². The van der Waals surface area contributed by atoms with E-state index in [9.17, 15) is 12.8 Å². The Hall–Kier alpha value is -0.460. The van der Waals surface area contributed by atoms with Crippen LogP contribution in [0.3, 0.4) is 0 Å². The number of hydrogen-bond donors (Lipinski definition) is 1. The van der Waals surface area contributed by atoms with Crippen molar-refractivity contribution in [2.24, 2.45) is 5.41 Å². The maximum atomic E-state index is 13.0. The molecule has 1 aromatic carbocycles. The van der Waals surface area contributed by atoms with Crippen molar-refractivity contribution in [2.75, 3.05) is 11.9 Å². The van der Waals surface area contributed by atoms with E-state index in [2.05, 4.69) is 20.7 Å². The highest BCUT2D eigenvalue weighted by atomic mass is 79.9. The minimum Gasteiger partial charge on any atom is -0.211 e. The maximum Gasteiger partial charge on any atom is 0.240 e. The summed E-state index contributed by atoms with van der Waals surface area (Å²) in [5, 5.41) is 0.817. The van der Waals surface area contributed by atoms with Crippen molar-refractivity contribution in [1.29, 1.82) is 0 Å². The predicted molar refractivity (Wildman–Crippen MR) is 78.5 cm³/mol. The van der Waals surface area contributed by atoms with E-state index in [1.807, 2.05) is 13.8 Å². The molecule has 1 N–H and O–H groups in total. The summed E-state index contributed by atoms with van der Waals surface area (Å²) >= 11 is 3.35. The monoisotopic (exact) mass is 351 g/mol. The number of halogens is 2. The molecular weight excluding hydrogens is 333 g/mol. The zero-order valence-electron chi connectivity index (χ0n) is 11.3. The van der Waals surface area contributed by atoms with Crippen molar-refractivity contribution < 1.29 is 12.8 Å². The summed E-state index contributed by atoms with van der Waals surface area (Å²) in [6, 6.07) is 3.67. The fourth-order valence-corrected chi connectivity index (χ4v) is 4.17. The largest absolute Gasteiger partial charge is 0.240 e. The molecule has 0 amide bonds. The molecule has 0 aliphatic heterocycles. The van der Waals surface area contributed by atoms with E-state index < -0.39 is 15.8 Å². The zero-order chi connectivity index (χ0) is 14.7. The van der Waals surface area contributed by atoms with E-state index in [1.165, 1.54) is 12.1 Å². The number of benzene rings is 1. The second-order valence-corrected chi connectivity index (χ2v) is 7.87. The molecule has 0 aliphatic carbocycles. The van der Waals surface area contributed by atoms with E-state index in [1.54, 1.807) is 6.92 Å². The lowest BCUT2D eigenvalue weighted by molar-refractivity contribution is 0.354. The number of alkyl halides is 1. The minimum absolute atomic E-state index is 0.128. The van der Waals surface area contributed by atoms with Crippen molar-refractivity contribution in [1.82, 2.24) is 4.72 Å². The van der Waals surface area contributed by atoms with Gasteiger partial charge in [0.25, 0.3) is 0 Å². The van der Waals surface area contributed by atoms with Crippen molar-refractivity contribution in [3.63, 3.8) is 0 Å². The molecule has 1 aromatic rings. The van der Waals surface area contributed by atoms with Crippen LogP contribution in [0.2, 0.25) is 0 Å². The molecule has 19 heavy (non-hydrogen) atoms. The van der Waals surface area contributed by atoms with E-state index in [0.29, 0.717) is 12.1 Å². The maximum absolute atomic E-state index is 13.0. The Morgan fingerprint density at radius 3 is 2.53 bits per heavy atom. The lowest BCUT2D eigenvalue weighted by Crippen LogP contribution is -2.34. The van der Waals surface area contributed by atoms with Crippen LogP contribution in [0.25, 0.3) is 0 Å². The lowest BCUT2D eigenvalue weighted by atomic mass is 9.91. The molecular formula is C13H19BrFNO2S. The molecule has 0 aromatic heterocycles. The molecule has 1 rings (SSSR count).